The van der Waals surface area contributed by atoms with Crippen molar-refractivity contribution in [1.82, 2.24) is 10.6 Å². The van der Waals surface area contributed by atoms with Crippen LogP contribution in [0.25, 0.3) is 0 Å². The van der Waals surface area contributed by atoms with Gasteiger partial charge >= 0.3 is 0 Å². The Kier molecular flexibility index (Phi) is 6.76. The van der Waals surface area contributed by atoms with Gasteiger partial charge in [0.2, 0.25) is 0 Å². The van der Waals surface area contributed by atoms with Crippen LogP contribution in [-0.2, 0) is 6.54 Å². The highest BCUT2D eigenvalue weighted by molar-refractivity contribution is 5.36. The molecule has 3 heteroatoms. The van der Waals surface area contributed by atoms with Gasteiger partial charge in [0.1, 0.15) is 5.75 Å². The smallest absolute Gasteiger partial charge is 0.123 e. The summed E-state index contributed by atoms with van der Waals surface area (Å²) >= 11 is 0. The number of benzene rings is 1. The molecule has 0 heterocycles. The Labute approximate surface area is 111 Å². The lowest BCUT2D eigenvalue weighted by molar-refractivity contribution is 0.403. The molecule has 1 unspecified atom stereocenters. The van der Waals surface area contributed by atoms with E-state index in [1.54, 1.807) is 7.11 Å². The van der Waals surface area contributed by atoms with E-state index in [0.29, 0.717) is 5.92 Å². The third-order valence-corrected chi connectivity index (χ3v) is 3.25. The zero-order valence-corrected chi connectivity index (χ0v) is 12.0. The van der Waals surface area contributed by atoms with Gasteiger partial charge in [-0.15, -0.1) is 0 Å². The van der Waals surface area contributed by atoms with Crippen LogP contribution in [0.15, 0.2) is 18.2 Å². The molecule has 0 saturated carbocycles. The van der Waals surface area contributed by atoms with Crippen LogP contribution in [0, 0.1) is 12.8 Å². The Morgan fingerprint density at radius 1 is 1.28 bits per heavy atom. The first-order valence-electron chi connectivity index (χ1n) is 6.70. The molecular formula is C15H26N2O. The molecule has 0 bridgehead atoms. The maximum absolute atomic E-state index is 5.38. The SMILES string of the molecule is CCC(CNC)CNCc1cc(C)ccc1OC. The first kappa shape index (κ1) is 15.0. The first-order chi connectivity index (χ1) is 8.71. The summed E-state index contributed by atoms with van der Waals surface area (Å²) in [6, 6.07) is 6.31. The van der Waals surface area contributed by atoms with E-state index in [4.69, 9.17) is 4.74 Å². The second-order valence-corrected chi connectivity index (χ2v) is 4.78. The third kappa shape index (κ3) is 4.67. The molecule has 0 radical (unpaired) electrons. The normalized spacial score (nSPS) is 12.4. The van der Waals surface area contributed by atoms with Crippen LogP contribution in [0.4, 0.5) is 0 Å². The average molecular weight is 250 g/mol. The fourth-order valence-electron chi connectivity index (χ4n) is 2.11. The van der Waals surface area contributed by atoms with Crippen molar-refractivity contribution in [2.75, 3.05) is 27.2 Å². The standard InChI is InChI=1S/C15H26N2O/c1-5-13(9-16-3)10-17-11-14-8-12(2)6-7-15(14)18-4/h6-8,13,16-17H,5,9-11H2,1-4H3. The van der Waals surface area contributed by atoms with Crippen molar-refractivity contribution in [3.63, 3.8) is 0 Å². The molecule has 0 aliphatic heterocycles. The van der Waals surface area contributed by atoms with Crippen molar-refractivity contribution in [3.05, 3.63) is 29.3 Å². The van der Waals surface area contributed by atoms with Crippen LogP contribution in [-0.4, -0.2) is 27.2 Å². The lowest BCUT2D eigenvalue weighted by atomic mass is 10.1. The molecule has 0 aromatic heterocycles. The summed E-state index contributed by atoms with van der Waals surface area (Å²) in [5, 5.41) is 6.75. The monoisotopic (exact) mass is 250 g/mol. The molecule has 3 nitrogen and oxygen atoms in total. The van der Waals surface area contributed by atoms with Crippen LogP contribution in [0.3, 0.4) is 0 Å². The topological polar surface area (TPSA) is 33.3 Å². The molecule has 0 spiro atoms. The summed E-state index contributed by atoms with van der Waals surface area (Å²) in [5.41, 5.74) is 2.51. The summed E-state index contributed by atoms with van der Waals surface area (Å²) in [6.45, 7) is 7.31. The molecule has 0 aliphatic rings. The zero-order valence-electron chi connectivity index (χ0n) is 12.0. The molecule has 18 heavy (non-hydrogen) atoms. The molecule has 0 saturated heterocycles. The molecule has 102 valence electrons. The van der Waals surface area contributed by atoms with Gasteiger partial charge in [-0.3, -0.25) is 0 Å². The minimum absolute atomic E-state index is 0.686. The van der Waals surface area contributed by atoms with Gasteiger partial charge in [0, 0.05) is 12.1 Å². The van der Waals surface area contributed by atoms with E-state index in [2.05, 4.69) is 36.6 Å². The predicted molar refractivity (Wildman–Crippen MR) is 77.1 cm³/mol. The van der Waals surface area contributed by atoms with Crippen LogP contribution in [0.5, 0.6) is 5.75 Å². The van der Waals surface area contributed by atoms with E-state index in [-0.39, 0.29) is 0 Å². The Morgan fingerprint density at radius 3 is 2.67 bits per heavy atom. The Morgan fingerprint density at radius 2 is 2.06 bits per heavy atom. The number of ether oxygens (including phenoxy) is 1. The molecule has 1 atom stereocenters. The number of rotatable bonds is 8. The van der Waals surface area contributed by atoms with E-state index in [1.807, 2.05) is 13.1 Å². The van der Waals surface area contributed by atoms with Crippen molar-refractivity contribution in [3.8, 4) is 5.75 Å². The largest absolute Gasteiger partial charge is 0.496 e. The van der Waals surface area contributed by atoms with Crippen LogP contribution >= 0.6 is 0 Å². The molecule has 0 amide bonds. The minimum atomic E-state index is 0.686. The minimum Gasteiger partial charge on any atom is -0.496 e. The Hall–Kier alpha value is -1.06. The summed E-state index contributed by atoms with van der Waals surface area (Å²) in [4.78, 5) is 0. The summed E-state index contributed by atoms with van der Waals surface area (Å²) in [6.07, 6.45) is 1.19. The fourth-order valence-corrected chi connectivity index (χ4v) is 2.11. The highest BCUT2D eigenvalue weighted by atomic mass is 16.5. The van der Waals surface area contributed by atoms with Gasteiger partial charge in [-0.1, -0.05) is 31.0 Å². The molecule has 1 rings (SSSR count). The lowest BCUT2D eigenvalue weighted by Crippen LogP contribution is -2.29. The molecule has 0 aliphatic carbocycles. The van der Waals surface area contributed by atoms with E-state index < -0.39 is 0 Å². The van der Waals surface area contributed by atoms with E-state index in [1.165, 1.54) is 17.5 Å². The number of nitrogens with one attached hydrogen (secondary N) is 2. The van der Waals surface area contributed by atoms with Crippen molar-refractivity contribution in [2.45, 2.75) is 26.8 Å². The Balaban J connectivity index is 2.49. The van der Waals surface area contributed by atoms with Crippen LogP contribution in [0.2, 0.25) is 0 Å². The van der Waals surface area contributed by atoms with E-state index in [9.17, 15) is 0 Å². The highest BCUT2D eigenvalue weighted by Crippen LogP contribution is 2.19. The van der Waals surface area contributed by atoms with Gasteiger partial charge in [0.25, 0.3) is 0 Å². The maximum Gasteiger partial charge on any atom is 0.123 e. The highest BCUT2D eigenvalue weighted by Gasteiger charge is 2.06. The Bertz CT molecular complexity index is 352. The lowest BCUT2D eigenvalue weighted by Gasteiger charge is -2.16. The van der Waals surface area contributed by atoms with Crippen molar-refractivity contribution in [2.24, 2.45) is 5.92 Å². The second kappa shape index (κ2) is 8.11. The van der Waals surface area contributed by atoms with Crippen molar-refractivity contribution >= 4 is 0 Å². The quantitative estimate of drug-likeness (QED) is 0.743. The first-order valence-corrected chi connectivity index (χ1v) is 6.70. The van der Waals surface area contributed by atoms with Crippen molar-refractivity contribution in [1.29, 1.82) is 0 Å². The van der Waals surface area contributed by atoms with Crippen LogP contribution in [0.1, 0.15) is 24.5 Å². The van der Waals surface area contributed by atoms with Gasteiger partial charge in [0.05, 0.1) is 7.11 Å². The average Bonchev–Trinajstić information content (AvgIpc) is 2.38. The summed E-state index contributed by atoms with van der Waals surface area (Å²) < 4.78 is 5.38. The van der Waals surface area contributed by atoms with E-state index in [0.717, 1.165) is 25.4 Å². The predicted octanol–water partition coefficient (Wildman–Crippen LogP) is 2.34. The van der Waals surface area contributed by atoms with Gasteiger partial charge in [-0.05, 0) is 39.0 Å². The summed E-state index contributed by atoms with van der Waals surface area (Å²) in [5.74, 6) is 1.65. The molecule has 1 aromatic rings. The number of hydrogen-bond acceptors (Lipinski definition) is 3. The zero-order chi connectivity index (χ0) is 13.4. The molecule has 2 N–H and O–H groups in total. The van der Waals surface area contributed by atoms with Gasteiger partial charge < -0.3 is 15.4 Å². The summed E-state index contributed by atoms with van der Waals surface area (Å²) in [7, 11) is 3.73. The number of hydrogen-bond donors (Lipinski definition) is 2. The third-order valence-electron chi connectivity index (χ3n) is 3.25. The van der Waals surface area contributed by atoms with Crippen LogP contribution < -0.4 is 15.4 Å². The van der Waals surface area contributed by atoms with Gasteiger partial charge in [0.15, 0.2) is 0 Å². The molecular weight excluding hydrogens is 224 g/mol. The van der Waals surface area contributed by atoms with Gasteiger partial charge in [-0.2, -0.15) is 0 Å². The molecule has 0 fully saturated rings. The number of methoxy groups -OCH3 is 1. The molecule has 1 aromatic carbocycles. The maximum atomic E-state index is 5.38. The number of aryl methyl sites for hydroxylation is 1. The van der Waals surface area contributed by atoms with Crippen molar-refractivity contribution < 1.29 is 4.74 Å². The second-order valence-electron chi connectivity index (χ2n) is 4.78. The fraction of sp³-hybridized carbons (Fsp3) is 0.600. The van der Waals surface area contributed by atoms with E-state index >= 15 is 0 Å². The van der Waals surface area contributed by atoms with Gasteiger partial charge in [-0.25, -0.2) is 0 Å².